The average molecular weight is 335 g/mol. The van der Waals surface area contributed by atoms with Crippen LogP contribution in [0.4, 0.5) is 13.2 Å². The number of hydrogen-bond donors (Lipinski definition) is 0. The minimum absolute atomic E-state index is 0.186. The lowest BCUT2D eigenvalue weighted by Gasteiger charge is -2.06. The molecule has 0 spiro atoms. The van der Waals surface area contributed by atoms with Gasteiger partial charge in [-0.25, -0.2) is 0 Å². The number of aromatic nitrogens is 1. The zero-order valence-corrected chi connectivity index (χ0v) is 9.31. The third-order valence-electron chi connectivity index (χ3n) is 1.36. The van der Waals surface area contributed by atoms with Gasteiger partial charge in [-0.05, 0) is 40.3 Å². The minimum Gasteiger partial charge on any atom is -0.276 e. The molecule has 0 aliphatic carbocycles. The highest BCUT2D eigenvalue weighted by molar-refractivity contribution is 14.1. The number of halogens is 5. The Kier molecular flexibility index (Phi) is 3.36. The van der Waals surface area contributed by atoms with E-state index in [1.165, 1.54) is 0 Å². The van der Waals surface area contributed by atoms with Gasteiger partial charge < -0.3 is 0 Å². The molecule has 0 aliphatic rings. The van der Waals surface area contributed by atoms with Crippen LogP contribution in [0.1, 0.15) is 16.1 Å². The molecule has 14 heavy (non-hydrogen) atoms. The summed E-state index contributed by atoms with van der Waals surface area (Å²) in [6, 6.07) is 0.636. The number of carbonyl (C=O) groups is 1. The highest BCUT2D eigenvalue weighted by Crippen LogP contribution is 2.29. The Morgan fingerprint density at radius 2 is 2.07 bits per heavy atom. The Morgan fingerprint density at radius 3 is 2.50 bits per heavy atom. The molecule has 2 nitrogen and oxygen atoms in total. The maximum Gasteiger partial charge on any atom is 0.433 e. The summed E-state index contributed by atoms with van der Waals surface area (Å²) < 4.78 is 36.7. The number of nitrogens with zero attached hydrogens (tertiary/aromatic N) is 1. The first-order valence-electron chi connectivity index (χ1n) is 3.25. The maximum atomic E-state index is 12.1. The van der Waals surface area contributed by atoms with Crippen LogP contribution in [0, 0.1) is 3.57 Å². The van der Waals surface area contributed by atoms with Crippen LogP contribution in [0.25, 0.3) is 0 Å². The first-order valence-corrected chi connectivity index (χ1v) is 4.70. The standard InChI is InChI=1S/C7H2ClF3INO/c8-6(14)3-1-5(7(9,10)11)13-2-4(3)12/h1-2H. The van der Waals surface area contributed by atoms with E-state index in [-0.39, 0.29) is 9.13 Å². The van der Waals surface area contributed by atoms with Crippen molar-refractivity contribution in [2.75, 3.05) is 0 Å². The van der Waals surface area contributed by atoms with Crippen LogP contribution in [0.5, 0.6) is 0 Å². The Bertz CT molecular complexity index is 380. The molecular weight excluding hydrogens is 333 g/mol. The molecule has 7 heteroatoms. The Labute approximate surface area is 95.6 Å². The summed E-state index contributed by atoms with van der Waals surface area (Å²) in [5.41, 5.74) is -1.31. The molecule has 0 saturated carbocycles. The minimum atomic E-state index is -4.56. The smallest absolute Gasteiger partial charge is 0.276 e. The van der Waals surface area contributed by atoms with Crippen molar-refractivity contribution in [2.24, 2.45) is 0 Å². The van der Waals surface area contributed by atoms with Crippen molar-refractivity contribution in [1.82, 2.24) is 4.98 Å². The van der Waals surface area contributed by atoms with Crippen molar-refractivity contribution in [2.45, 2.75) is 6.18 Å². The molecule has 1 heterocycles. The summed E-state index contributed by atoms with van der Waals surface area (Å²) in [7, 11) is 0. The topological polar surface area (TPSA) is 30.0 Å². The van der Waals surface area contributed by atoms with Crippen LogP contribution in [-0.4, -0.2) is 10.2 Å². The van der Waals surface area contributed by atoms with Gasteiger partial charge in [0.1, 0.15) is 5.69 Å². The van der Waals surface area contributed by atoms with Crippen molar-refractivity contribution in [1.29, 1.82) is 0 Å². The summed E-state index contributed by atoms with van der Waals surface area (Å²) in [5, 5.41) is -0.928. The van der Waals surface area contributed by atoms with Gasteiger partial charge in [0.05, 0.1) is 5.56 Å². The SMILES string of the molecule is O=C(Cl)c1cc(C(F)(F)F)ncc1I. The van der Waals surface area contributed by atoms with E-state index in [1.54, 1.807) is 22.6 Å². The van der Waals surface area contributed by atoms with E-state index in [1.807, 2.05) is 0 Å². The molecule has 0 aromatic carbocycles. The van der Waals surface area contributed by atoms with Crippen LogP contribution in [-0.2, 0) is 6.18 Å². The van der Waals surface area contributed by atoms with Gasteiger partial charge >= 0.3 is 6.18 Å². The van der Waals surface area contributed by atoms with Gasteiger partial charge in [-0.15, -0.1) is 0 Å². The highest BCUT2D eigenvalue weighted by Gasteiger charge is 2.33. The summed E-state index contributed by atoms with van der Waals surface area (Å²) in [6.07, 6.45) is -3.61. The van der Waals surface area contributed by atoms with Crippen molar-refractivity contribution >= 4 is 39.4 Å². The van der Waals surface area contributed by atoms with E-state index in [0.29, 0.717) is 6.07 Å². The lowest BCUT2D eigenvalue weighted by molar-refractivity contribution is -0.141. The van der Waals surface area contributed by atoms with Crippen LogP contribution >= 0.6 is 34.2 Å². The number of pyridine rings is 1. The van der Waals surface area contributed by atoms with E-state index < -0.39 is 17.1 Å². The van der Waals surface area contributed by atoms with Gasteiger partial charge in [0.25, 0.3) is 5.24 Å². The fourth-order valence-electron chi connectivity index (χ4n) is 0.744. The van der Waals surface area contributed by atoms with Crippen molar-refractivity contribution in [3.05, 3.63) is 27.1 Å². The first-order chi connectivity index (χ1) is 6.32. The fourth-order valence-corrected chi connectivity index (χ4v) is 1.60. The fraction of sp³-hybridized carbons (Fsp3) is 0.143. The summed E-state index contributed by atoms with van der Waals surface area (Å²) in [6.45, 7) is 0. The maximum absolute atomic E-state index is 12.1. The zero-order chi connectivity index (χ0) is 10.9. The number of alkyl halides is 3. The van der Waals surface area contributed by atoms with Gasteiger partial charge in [-0.3, -0.25) is 9.78 Å². The average Bonchev–Trinajstić information content (AvgIpc) is 2.02. The molecule has 1 aromatic heterocycles. The van der Waals surface area contributed by atoms with Gasteiger partial charge in [-0.1, -0.05) is 0 Å². The molecule has 0 fully saturated rings. The molecule has 0 atom stereocenters. The normalized spacial score (nSPS) is 11.5. The summed E-state index contributed by atoms with van der Waals surface area (Å²) in [4.78, 5) is 13.9. The molecule has 0 amide bonds. The molecule has 76 valence electrons. The molecule has 1 rings (SSSR count). The van der Waals surface area contributed by atoms with Crippen LogP contribution in [0.2, 0.25) is 0 Å². The van der Waals surface area contributed by atoms with E-state index in [0.717, 1.165) is 6.20 Å². The highest BCUT2D eigenvalue weighted by atomic mass is 127. The van der Waals surface area contributed by atoms with Crippen LogP contribution in [0.15, 0.2) is 12.3 Å². The second kappa shape index (κ2) is 4.01. The lowest BCUT2D eigenvalue weighted by atomic mass is 10.2. The summed E-state index contributed by atoms with van der Waals surface area (Å²) in [5.74, 6) is 0. The van der Waals surface area contributed by atoms with E-state index in [2.05, 4.69) is 4.98 Å². The molecular formula is C7H2ClF3INO. The van der Waals surface area contributed by atoms with Crippen LogP contribution in [0.3, 0.4) is 0 Å². The molecule has 0 saturated heterocycles. The Balaban J connectivity index is 3.27. The van der Waals surface area contributed by atoms with Crippen molar-refractivity contribution in [3.8, 4) is 0 Å². The predicted octanol–water partition coefficient (Wildman–Crippen LogP) is 3.08. The molecule has 1 aromatic rings. The second-order valence-corrected chi connectivity index (χ2v) is 3.83. The third-order valence-corrected chi connectivity index (χ3v) is 2.42. The first kappa shape index (κ1) is 11.7. The van der Waals surface area contributed by atoms with Gasteiger partial charge in [0.15, 0.2) is 0 Å². The van der Waals surface area contributed by atoms with E-state index in [9.17, 15) is 18.0 Å². The van der Waals surface area contributed by atoms with Gasteiger partial charge in [0.2, 0.25) is 0 Å². The monoisotopic (exact) mass is 335 g/mol. The van der Waals surface area contributed by atoms with Crippen molar-refractivity contribution < 1.29 is 18.0 Å². The summed E-state index contributed by atoms with van der Waals surface area (Å²) >= 11 is 6.78. The second-order valence-electron chi connectivity index (χ2n) is 2.32. The Hall–Kier alpha value is -0.370. The predicted molar refractivity (Wildman–Crippen MR) is 52.1 cm³/mol. The third kappa shape index (κ3) is 2.57. The number of rotatable bonds is 1. The quantitative estimate of drug-likeness (QED) is 0.583. The van der Waals surface area contributed by atoms with E-state index >= 15 is 0 Å². The number of carbonyl (C=O) groups excluding carboxylic acids is 1. The molecule has 0 unspecified atom stereocenters. The Morgan fingerprint density at radius 1 is 1.50 bits per heavy atom. The van der Waals surface area contributed by atoms with Gasteiger partial charge in [-0.2, -0.15) is 13.2 Å². The van der Waals surface area contributed by atoms with Gasteiger partial charge in [0, 0.05) is 9.77 Å². The molecule has 0 N–H and O–H groups in total. The lowest BCUT2D eigenvalue weighted by Crippen LogP contribution is -2.10. The van der Waals surface area contributed by atoms with E-state index in [4.69, 9.17) is 11.6 Å². The van der Waals surface area contributed by atoms with Crippen LogP contribution < -0.4 is 0 Å². The zero-order valence-electron chi connectivity index (χ0n) is 6.40. The largest absolute Gasteiger partial charge is 0.433 e. The molecule has 0 bridgehead atoms. The number of hydrogen-bond acceptors (Lipinski definition) is 2. The molecule has 0 aliphatic heterocycles. The molecule has 0 radical (unpaired) electrons. The van der Waals surface area contributed by atoms with Crippen molar-refractivity contribution in [3.63, 3.8) is 0 Å².